The first-order valence-electron chi connectivity index (χ1n) is 5.50. The van der Waals surface area contributed by atoms with Crippen molar-refractivity contribution in [3.8, 4) is 0 Å². The highest BCUT2D eigenvalue weighted by Gasteiger charge is 2.12. The Morgan fingerprint density at radius 1 is 1.28 bits per heavy atom. The predicted molar refractivity (Wildman–Crippen MR) is 71.2 cm³/mol. The van der Waals surface area contributed by atoms with Crippen molar-refractivity contribution < 1.29 is 8.42 Å². The molecule has 0 fully saturated rings. The molecule has 1 aromatic carbocycles. The van der Waals surface area contributed by atoms with Gasteiger partial charge in [-0.3, -0.25) is 4.98 Å². The summed E-state index contributed by atoms with van der Waals surface area (Å²) in [4.78, 5) is 4.28. The SMILES string of the molecule is CN(C)S(=O)(=O)NCc1cnc2ccccc2c1. The molecule has 2 rings (SSSR count). The van der Waals surface area contributed by atoms with E-state index in [1.807, 2.05) is 30.3 Å². The first kappa shape index (κ1) is 12.9. The third-order valence-corrected chi connectivity index (χ3v) is 4.06. The van der Waals surface area contributed by atoms with Gasteiger partial charge in [0.1, 0.15) is 0 Å². The zero-order valence-electron chi connectivity index (χ0n) is 10.3. The molecule has 0 radical (unpaired) electrons. The molecule has 0 amide bonds. The number of fused-ring (bicyclic) bond motifs is 1. The lowest BCUT2D eigenvalue weighted by Crippen LogP contribution is -2.35. The molecule has 0 aliphatic rings. The van der Waals surface area contributed by atoms with E-state index in [9.17, 15) is 8.42 Å². The Morgan fingerprint density at radius 3 is 2.72 bits per heavy atom. The van der Waals surface area contributed by atoms with Gasteiger partial charge in [-0.05, 0) is 17.7 Å². The summed E-state index contributed by atoms with van der Waals surface area (Å²) in [6.45, 7) is 0.234. The van der Waals surface area contributed by atoms with Crippen molar-refractivity contribution in [3.63, 3.8) is 0 Å². The van der Waals surface area contributed by atoms with Crippen LogP contribution in [0.15, 0.2) is 36.5 Å². The van der Waals surface area contributed by atoms with Gasteiger partial charge in [-0.2, -0.15) is 17.4 Å². The average Bonchev–Trinajstić information content (AvgIpc) is 2.36. The number of benzene rings is 1. The molecule has 0 unspecified atom stereocenters. The van der Waals surface area contributed by atoms with E-state index < -0.39 is 10.2 Å². The maximum Gasteiger partial charge on any atom is 0.279 e. The van der Waals surface area contributed by atoms with Gasteiger partial charge < -0.3 is 0 Å². The number of rotatable bonds is 4. The topological polar surface area (TPSA) is 62.3 Å². The van der Waals surface area contributed by atoms with E-state index in [0.717, 1.165) is 20.8 Å². The molecule has 0 aliphatic carbocycles. The van der Waals surface area contributed by atoms with Crippen LogP contribution in [0.25, 0.3) is 10.9 Å². The molecule has 0 atom stereocenters. The highest BCUT2D eigenvalue weighted by Crippen LogP contribution is 2.12. The molecule has 0 spiro atoms. The monoisotopic (exact) mass is 265 g/mol. The van der Waals surface area contributed by atoms with E-state index in [4.69, 9.17) is 0 Å². The number of aromatic nitrogens is 1. The standard InChI is InChI=1S/C12H15N3O2S/c1-15(2)18(16,17)14-9-10-7-11-5-3-4-6-12(11)13-8-10/h3-8,14H,9H2,1-2H3. The molecule has 96 valence electrons. The molecule has 0 bridgehead atoms. The van der Waals surface area contributed by atoms with Crippen LogP contribution in [0.5, 0.6) is 0 Å². The Morgan fingerprint density at radius 2 is 2.00 bits per heavy atom. The summed E-state index contributed by atoms with van der Waals surface area (Å²) in [6, 6.07) is 9.65. The van der Waals surface area contributed by atoms with Crippen molar-refractivity contribution in [3.05, 3.63) is 42.1 Å². The summed E-state index contributed by atoms with van der Waals surface area (Å²) in [5.41, 5.74) is 1.73. The van der Waals surface area contributed by atoms with Gasteiger partial charge in [0.2, 0.25) is 0 Å². The molecule has 1 aromatic heterocycles. The lowest BCUT2D eigenvalue weighted by atomic mass is 10.2. The Labute approximate surface area is 107 Å². The molecular weight excluding hydrogens is 250 g/mol. The fourth-order valence-corrected chi connectivity index (χ4v) is 2.12. The summed E-state index contributed by atoms with van der Waals surface area (Å²) in [5.74, 6) is 0. The summed E-state index contributed by atoms with van der Waals surface area (Å²) in [6.07, 6.45) is 1.68. The number of hydrogen-bond acceptors (Lipinski definition) is 3. The van der Waals surface area contributed by atoms with Crippen LogP contribution < -0.4 is 4.72 Å². The molecular formula is C12H15N3O2S. The second-order valence-corrected chi connectivity index (χ2v) is 6.11. The smallest absolute Gasteiger partial charge is 0.256 e. The molecule has 1 heterocycles. The molecule has 0 saturated carbocycles. The molecule has 0 saturated heterocycles. The van der Waals surface area contributed by atoms with Gasteiger partial charge in [0.15, 0.2) is 0 Å². The second-order valence-electron chi connectivity index (χ2n) is 4.14. The van der Waals surface area contributed by atoms with Crippen LogP contribution in [0.4, 0.5) is 0 Å². The molecule has 0 aliphatic heterocycles. The normalized spacial score (nSPS) is 12.2. The van der Waals surface area contributed by atoms with Crippen LogP contribution in [0.3, 0.4) is 0 Å². The summed E-state index contributed by atoms with van der Waals surface area (Å²) in [5, 5.41) is 0.999. The van der Waals surface area contributed by atoms with E-state index in [-0.39, 0.29) is 6.54 Å². The van der Waals surface area contributed by atoms with Gasteiger partial charge in [-0.25, -0.2) is 0 Å². The van der Waals surface area contributed by atoms with Gasteiger partial charge in [0, 0.05) is 32.2 Å². The average molecular weight is 265 g/mol. The van der Waals surface area contributed by atoms with Crippen LogP contribution in [0.1, 0.15) is 5.56 Å². The molecule has 6 heteroatoms. The highest BCUT2D eigenvalue weighted by atomic mass is 32.2. The largest absolute Gasteiger partial charge is 0.279 e. The summed E-state index contributed by atoms with van der Waals surface area (Å²) in [7, 11) is -0.420. The Bertz CT molecular complexity index is 653. The minimum absolute atomic E-state index is 0.234. The van der Waals surface area contributed by atoms with Gasteiger partial charge in [0.05, 0.1) is 5.52 Å². The van der Waals surface area contributed by atoms with Crippen molar-refractivity contribution in [2.75, 3.05) is 14.1 Å². The minimum atomic E-state index is -3.39. The molecule has 5 nitrogen and oxygen atoms in total. The van der Waals surface area contributed by atoms with Crippen molar-refractivity contribution in [2.45, 2.75) is 6.54 Å². The number of nitrogens with one attached hydrogen (secondary N) is 1. The summed E-state index contributed by atoms with van der Waals surface area (Å²) >= 11 is 0. The maximum atomic E-state index is 11.6. The molecule has 2 aromatic rings. The van der Waals surface area contributed by atoms with E-state index in [0.29, 0.717) is 0 Å². The van der Waals surface area contributed by atoms with Crippen LogP contribution >= 0.6 is 0 Å². The van der Waals surface area contributed by atoms with Crippen LogP contribution in [-0.2, 0) is 16.8 Å². The molecule has 1 N–H and O–H groups in total. The number of hydrogen-bond donors (Lipinski definition) is 1. The van der Waals surface area contributed by atoms with E-state index >= 15 is 0 Å². The van der Waals surface area contributed by atoms with Gasteiger partial charge >= 0.3 is 0 Å². The van der Waals surface area contributed by atoms with E-state index in [1.165, 1.54) is 14.1 Å². The predicted octanol–water partition coefficient (Wildman–Crippen LogP) is 1.13. The van der Waals surface area contributed by atoms with E-state index in [1.54, 1.807) is 6.20 Å². The van der Waals surface area contributed by atoms with Gasteiger partial charge in [-0.1, -0.05) is 18.2 Å². The Balaban J connectivity index is 2.18. The van der Waals surface area contributed by atoms with Crippen LogP contribution in [0.2, 0.25) is 0 Å². The highest BCUT2D eigenvalue weighted by molar-refractivity contribution is 7.87. The van der Waals surface area contributed by atoms with Gasteiger partial charge in [0.25, 0.3) is 10.2 Å². The minimum Gasteiger partial charge on any atom is -0.256 e. The zero-order chi connectivity index (χ0) is 13.2. The quantitative estimate of drug-likeness (QED) is 0.901. The third kappa shape index (κ3) is 2.84. The van der Waals surface area contributed by atoms with Gasteiger partial charge in [-0.15, -0.1) is 0 Å². The van der Waals surface area contributed by atoms with Crippen LogP contribution in [0, 0.1) is 0 Å². The number of nitrogens with zero attached hydrogens (tertiary/aromatic N) is 2. The summed E-state index contributed by atoms with van der Waals surface area (Å²) < 4.78 is 26.8. The first-order chi connectivity index (χ1) is 8.49. The first-order valence-corrected chi connectivity index (χ1v) is 6.94. The fraction of sp³-hybridized carbons (Fsp3) is 0.250. The zero-order valence-corrected chi connectivity index (χ0v) is 11.1. The van der Waals surface area contributed by atoms with E-state index in [2.05, 4.69) is 9.71 Å². The van der Waals surface area contributed by atoms with Crippen molar-refractivity contribution in [1.29, 1.82) is 0 Å². The van der Waals surface area contributed by atoms with Crippen molar-refractivity contribution in [1.82, 2.24) is 14.0 Å². The van der Waals surface area contributed by atoms with Crippen molar-refractivity contribution in [2.24, 2.45) is 0 Å². The third-order valence-electron chi connectivity index (χ3n) is 2.59. The Hall–Kier alpha value is -1.50. The second kappa shape index (κ2) is 5.01. The number of para-hydroxylation sites is 1. The Kier molecular flexibility index (Phi) is 3.60. The maximum absolute atomic E-state index is 11.6. The fourth-order valence-electron chi connectivity index (χ4n) is 1.52. The molecule has 18 heavy (non-hydrogen) atoms. The lowest BCUT2D eigenvalue weighted by molar-refractivity contribution is 0.505. The number of pyridine rings is 1. The lowest BCUT2D eigenvalue weighted by Gasteiger charge is -2.12. The van der Waals surface area contributed by atoms with Crippen LogP contribution in [-0.4, -0.2) is 31.8 Å². The van der Waals surface area contributed by atoms with Crippen molar-refractivity contribution >= 4 is 21.1 Å².